The second-order valence-electron chi connectivity index (χ2n) is 8.44. The van der Waals surface area contributed by atoms with E-state index in [0.29, 0.717) is 24.3 Å². The molecule has 1 aliphatic heterocycles. The Labute approximate surface area is 184 Å². The fourth-order valence-corrected chi connectivity index (χ4v) is 6.33. The first-order valence-corrected chi connectivity index (χ1v) is 12.4. The number of hydrogen-bond donors (Lipinski definition) is 1. The summed E-state index contributed by atoms with van der Waals surface area (Å²) in [5.41, 5.74) is 5.34. The molecule has 0 aromatic heterocycles. The Morgan fingerprint density at radius 1 is 0.774 bits per heavy atom. The van der Waals surface area contributed by atoms with E-state index in [9.17, 15) is 8.42 Å². The summed E-state index contributed by atoms with van der Waals surface area (Å²) in [6, 6.07) is 25.7. The van der Waals surface area contributed by atoms with Gasteiger partial charge in [0.15, 0.2) is 0 Å². The molecule has 160 valence electrons. The first kappa shape index (κ1) is 20.4. The lowest BCUT2D eigenvalue weighted by molar-refractivity contribution is -0.00397. The van der Waals surface area contributed by atoms with Gasteiger partial charge < -0.3 is 4.74 Å². The van der Waals surface area contributed by atoms with Gasteiger partial charge in [-0.05, 0) is 60.1 Å². The maximum Gasteiger partial charge on any atom is 0.240 e. The maximum atomic E-state index is 12.9. The normalized spacial score (nSPS) is 21.7. The molecule has 31 heavy (non-hydrogen) atoms. The summed E-state index contributed by atoms with van der Waals surface area (Å²) in [7, 11) is -3.55. The summed E-state index contributed by atoms with van der Waals surface area (Å²) in [5.74, 6) is 0.110. The van der Waals surface area contributed by atoms with Gasteiger partial charge in [0.1, 0.15) is 0 Å². The molecule has 2 atom stereocenters. The van der Waals surface area contributed by atoms with Crippen LogP contribution in [0.25, 0.3) is 0 Å². The molecule has 0 spiro atoms. The van der Waals surface area contributed by atoms with Gasteiger partial charge in [-0.25, -0.2) is 13.1 Å². The van der Waals surface area contributed by atoms with Crippen LogP contribution in [0.15, 0.2) is 83.8 Å². The van der Waals surface area contributed by atoms with Gasteiger partial charge >= 0.3 is 0 Å². The molecule has 2 aliphatic rings. The van der Waals surface area contributed by atoms with Crippen LogP contribution in [0.2, 0.25) is 0 Å². The summed E-state index contributed by atoms with van der Waals surface area (Å²) < 4.78 is 35.0. The maximum absolute atomic E-state index is 12.9. The third-order valence-electron chi connectivity index (χ3n) is 6.51. The predicted molar refractivity (Wildman–Crippen MR) is 122 cm³/mol. The van der Waals surface area contributed by atoms with E-state index in [2.05, 4.69) is 53.3 Å². The van der Waals surface area contributed by atoms with Crippen molar-refractivity contribution in [2.24, 2.45) is 0 Å². The van der Waals surface area contributed by atoms with E-state index in [1.54, 1.807) is 24.3 Å². The Balaban J connectivity index is 1.45. The lowest BCUT2D eigenvalue weighted by Gasteiger charge is -2.36. The van der Waals surface area contributed by atoms with Crippen molar-refractivity contribution < 1.29 is 13.2 Å². The molecule has 0 bridgehead atoms. The molecule has 0 unspecified atom stereocenters. The number of aryl methyl sites for hydroxylation is 2. The van der Waals surface area contributed by atoms with Crippen LogP contribution in [0.1, 0.15) is 41.0 Å². The van der Waals surface area contributed by atoms with E-state index in [-0.39, 0.29) is 18.1 Å². The van der Waals surface area contributed by atoms with Crippen molar-refractivity contribution in [1.82, 2.24) is 4.72 Å². The van der Waals surface area contributed by atoms with E-state index < -0.39 is 10.0 Å². The van der Waals surface area contributed by atoms with E-state index in [1.165, 1.54) is 22.3 Å². The number of fused-ring (bicyclic) bond motifs is 2. The van der Waals surface area contributed by atoms with Crippen molar-refractivity contribution in [3.05, 3.63) is 101 Å². The summed E-state index contributed by atoms with van der Waals surface area (Å²) in [4.78, 5) is 0.309. The quantitative estimate of drug-likeness (QED) is 0.662. The number of benzene rings is 3. The molecule has 1 aliphatic carbocycles. The van der Waals surface area contributed by atoms with E-state index in [0.717, 1.165) is 12.8 Å². The Morgan fingerprint density at radius 2 is 1.35 bits per heavy atom. The number of sulfonamides is 1. The van der Waals surface area contributed by atoms with Crippen LogP contribution in [0.3, 0.4) is 0 Å². The summed E-state index contributed by atoms with van der Waals surface area (Å²) in [6.45, 7) is 0.549. The SMILES string of the molecule is O=S(=O)(N[C@@H]1CCO[C@H](C2c3ccccc3CCc3ccccc32)C1)c1ccccc1. The molecule has 1 heterocycles. The summed E-state index contributed by atoms with van der Waals surface area (Å²) >= 11 is 0. The van der Waals surface area contributed by atoms with Crippen LogP contribution in [-0.4, -0.2) is 27.2 Å². The van der Waals surface area contributed by atoms with Crippen LogP contribution >= 0.6 is 0 Å². The zero-order chi connectivity index (χ0) is 21.3. The molecule has 5 heteroatoms. The standard InChI is InChI=1S/C26H27NO3S/c28-31(29,22-10-2-1-3-11-22)27-21-16-17-30-25(18-21)26-23-12-6-4-8-19(23)14-15-20-9-5-7-13-24(20)26/h1-13,21,25-27H,14-18H2/t21-,25+/m1/s1. The average molecular weight is 434 g/mol. The van der Waals surface area contributed by atoms with Crippen LogP contribution < -0.4 is 4.72 Å². The summed E-state index contributed by atoms with van der Waals surface area (Å²) in [5, 5.41) is 0. The highest BCUT2D eigenvalue weighted by molar-refractivity contribution is 7.89. The third kappa shape index (κ3) is 4.18. The fourth-order valence-electron chi connectivity index (χ4n) is 5.02. The Morgan fingerprint density at radius 3 is 2.00 bits per heavy atom. The predicted octanol–water partition coefficient (Wildman–Crippen LogP) is 4.44. The zero-order valence-electron chi connectivity index (χ0n) is 17.4. The minimum absolute atomic E-state index is 0.0716. The molecule has 1 saturated heterocycles. The molecule has 1 fully saturated rings. The minimum atomic E-state index is -3.55. The van der Waals surface area contributed by atoms with Crippen molar-refractivity contribution in [2.75, 3.05) is 6.61 Å². The van der Waals surface area contributed by atoms with Gasteiger partial charge in [-0.15, -0.1) is 0 Å². The van der Waals surface area contributed by atoms with Crippen molar-refractivity contribution in [3.63, 3.8) is 0 Å². The lowest BCUT2D eigenvalue weighted by Crippen LogP contribution is -2.44. The minimum Gasteiger partial charge on any atom is -0.377 e. The fraction of sp³-hybridized carbons (Fsp3) is 0.308. The zero-order valence-corrected chi connectivity index (χ0v) is 18.2. The third-order valence-corrected chi connectivity index (χ3v) is 8.04. The van der Waals surface area contributed by atoms with Crippen molar-refractivity contribution in [2.45, 2.75) is 48.6 Å². The van der Waals surface area contributed by atoms with Gasteiger partial charge in [-0.2, -0.15) is 0 Å². The Hall–Kier alpha value is -2.47. The van der Waals surface area contributed by atoms with Crippen LogP contribution in [0.5, 0.6) is 0 Å². The van der Waals surface area contributed by atoms with Crippen molar-refractivity contribution in [1.29, 1.82) is 0 Å². The van der Waals surface area contributed by atoms with Gasteiger partial charge in [0.25, 0.3) is 0 Å². The van der Waals surface area contributed by atoms with Gasteiger partial charge in [0.2, 0.25) is 10.0 Å². The monoisotopic (exact) mass is 433 g/mol. The number of hydrogen-bond acceptors (Lipinski definition) is 3. The molecule has 3 aromatic rings. The second-order valence-corrected chi connectivity index (χ2v) is 10.2. The van der Waals surface area contributed by atoms with Crippen LogP contribution in [-0.2, 0) is 27.6 Å². The molecular weight excluding hydrogens is 406 g/mol. The molecule has 1 N–H and O–H groups in total. The molecule has 4 nitrogen and oxygen atoms in total. The van der Waals surface area contributed by atoms with Gasteiger partial charge in [-0.3, -0.25) is 0 Å². The van der Waals surface area contributed by atoms with E-state index >= 15 is 0 Å². The number of rotatable bonds is 4. The number of ether oxygens (including phenoxy) is 1. The largest absolute Gasteiger partial charge is 0.377 e. The molecule has 0 saturated carbocycles. The number of nitrogens with one attached hydrogen (secondary N) is 1. The highest BCUT2D eigenvalue weighted by atomic mass is 32.2. The molecule has 0 amide bonds. The summed E-state index contributed by atoms with van der Waals surface area (Å²) in [6.07, 6.45) is 3.29. The van der Waals surface area contributed by atoms with Crippen LogP contribution in [0, 0.1) is 0 Å². The topological polar surface area (TPSA) is 55.4 Å². The van der Waals surface area contributed by atoms with Gasteiger partial charge in [0, 0.05) is 18.6 Å². The highest BCUT2D eigenvalue weighted by Gasteiger charge is 2.36. The van der Waals surface area contributed by atoms with E-state index in [4.69, 9.17) is 4.74 Å². The molecular formula is C26H27NO3S. The Kier molecular flexibility index (Phi) is 5.65. The lowest BCUT2D eigenvalue weighted by atomic mass is 9.80. The smallest absolute Gasteiger partial charge is 0.240 e. The first-order valence-electron chi connectivity index (χ1n) is 11.0. The van der Waals surface area contributed by atoms with Crippen LogP contribution in [0.4, 0.5) is 0 Å². The van der Waals surface area contributed by atoms with E-state index in [1.807, 2.05) is 6.07 Å². The molecule has 3 aromatic carbocycles. The Bertz CT molecular complexity index is 1110. The highest BCUT2D eigenvalue weighted by Crippen LogP contribution is 2.40. The first-order chi connectivity index (χ1) is 15.1. The van der Waals surface area contributed by atoms with Gasteiger partial charge in [0.05, 0.1) is 11.0 Å². The second kappa shape index (κ2) is 8.58. The average Bonchev–Trinajstić information content (AvgIpc) is 2.96. The van der Waals surface area contributed by atoms with Crippen molar-refractivity contribution >= 4 is 10.0 Å². The molecule has 5 rings (SSSR count). The van der Waals surface area contributed by atoms with Gasteiger partial charge in [-0.1, -0.05) is 66.7 Å². The van der Waals surface area contributed by atoms with Crippen molar-refractivity contribution in [3.8, 4) is 0 Å². The molecule has 0 radical (unpaired) electrons.